The number of esters is 1. The molecule has 0 aromatic rings. The quantitative estimate of drug-likeness (QED) is 0.336. The molecule has 68 valence electrons. The average molecular weight is 288 g/mol. The van der Waals surface area contributed by atoms with Gasteiger partial charge in [0.1, 0.15) is 0 Å². The average Bonchev–Trinajstić information content (AvgIpc) is 2.09. The Balaban J connectivity index is 0. The Morgan fingerprint density at radius 2 is 2.08 bits per heavy atom. The molecule has 0 bridgehead atoms. The number of hydrogen-bond donors (Lipinski definition) is 0. The Morgan fingerprint density at radius 3 is 2.50 bits per heavy atom. The molecule has 0 N–H and O–H groups in total. The van der Waals surface area contributed by atoms with Gasteiger partial charge >= 0.3 is 30.0 Å². The maximum absolute atomic E-state index is 10.6. The molecule has 2 nitrogen and oxygen atoms in total. The monoisotopic (exact) mass is 286 g/mol. The molecule has 0 amide bonds. The van der Waals surface area contributed by atoms with Crippen molar-refractivity contribution < 1.29 is 25.9 Å². The third kappa shape index (κ3) is 13.1. The first kappa shape index (κ1) is 14.9. The van der Waals surface area contributed by atoms with Crippen LogP contribution in [0.4, 0.5) is 0 Å². The number of ether oxygens (including phenoxy) is 1. The minimum atomic E-state index is -0.184. The fourth-order valence-corrected chi connectivity index (χ4v) is 0.625. The molecule has 4 heteroatoms. The second kappa shape index (κ2) is 14.0. The molecule has 0 fully saturated rings. The summed E-state index contributed by atoms with van der Waals surface area (Å²) < 4.78 is 4.69. The molecule has 0 aliphatic heterocycles. The van der Waals surface area contributed by atoms with Gasteiger partial charge in [-0.15, -0.1) is 0 Å². The van der Waals surface area contributed by atoms with Crippen LogP contribution in [0.25, 0.3) is 0 Å². The molecule has 0 unspecified atom stereocenters. The summed E-state index contributed by atoms with van der Waals surface area (Å²) in [6.07, 6.45) is 4.64. The van der Waals surface area contributed by atoms with Crippen molar-refractivity contribution in [3.8, 4) is 0 Å². The molecule has 0 aromatic carbocycles. The van der Waals surface area contributed by atoms with Crippen LogP contribution in [0.1, 0.15) is 33.1 Å². The van der Waals surface area contributed by atoms with E-state index in [2.05, 4.69) is 20.5 Å². The summed E-state index contributed by atoms with van der Waals surface area (Å²) >= 11 is 4.25. The first-order valence-electron chi connectivity index (χ1n) is 4.08. The van der Waals surface area contributed by atoms with Gasteiger partial charge in [-0.3, -0.25) is 11.2 Å². The standard InChI is InChI=1S/C8H15O2.BrH.Zn/c1-3-5-6-7-8(9)10-4-2;;/h7H,3-6H2,1-2H3;1H;/q-1;;+2/p-1. The predicted octanol–water partition coefficient (Wildman–Crippen LogP) is 2.79. The van der Waals surface area contributed by atoms with Gasteiger partial charge in [0.05, 0.1) is 6.61 Å². The predicted molar refractivity (Wildman–Crippen MR) is 49.4 cm³/mol. The zero-order valence-electron chi connectivity index (χ0n) is 7.81. The van der Waals surface area contributed by atoms with Crippen LogP contribution < -0.4 is 0 Å². The Hall–Kier alpha value is 0.443. The number of unbranched alkanes of at least 4 members (excludes halogenated alkanes) is 2. The second-order valence-electron chi connectivity index (χ2n) is 2.10. The number of carbonyl (C=O) groups excluding carboxylic acids is 1. The molecule has 0 saturated carbocycles. The molecular formula is C8H15BrO2Zn. The SMILES string of the molecule is CCCC[CH-]C(=O)OCC.[Zn+][Br]. The van der Waals surface area contributed by atoms with Crippen LogP contribution in [-0.4, -0.2) is 12.6 Å². The summed E-state index contributed by atoms with van der Waals surface area (Å²) in [5.74, 6) is -0.184. The molecule has 0 aliphatic carbocycles. The van der Waals surface area contributed by atoms with E-state index in [9.17, 15) is 4.79 Å². The van der Waals surface area contributed by atoms with Gasteiger partial charge in [0, 0.05) is 0 Å². The molecule has 0 heterocycles. The fourth-order valence-electron chi connectivity index (χ4n) is 0.625. The zero-order valence-corrected chi connectivity index (χ0v) is 12.4. The molecule has 0 spiro atoms. The van der Waals surface area contributed by atoms with Gasteiger partial charge in [0.25, 0.3) is 0 Å². The van der Waals surface area contributed by atoms with Crippen LogP contribution in [0.2, 0.25) is 0 Å². The van der Waals surface area contributed by atoms with Crippen molar-refractivity contribution in [2.75, 3.05) is 6.61 Å². The topological polar surface area (TPSA) is 26.3 Å². The summed E-state index contributed by atoms with van der Waals surface area (Å²) in [6.45, 7) is 4.38. The van der Waals surface area contributed by atoms with Gasteiger partial charge in [-0.05, 0) is 6.92 Å². The molecule has 0 rings (SSSR count). The molecular weight excluding hydrogens is 273 g/mol. The van der Waals surface area contributed by atoms with Crippen molar-refractivity contribution in [3.05, 3.63) is 6.42 Å². The van der Waals surface area contributed by atoms with E-state index < -0.39 is 0 Å². The summed E-state index contributed by atoms with van der Waals surface area (Å²) in [5.41, 5.74) is 0. The summed E-state index contributed by atoms with van der Waals surface area (Å²) in [4.78, 5) is 10.6. The maximum atomic E-state index is 10.6. The fraction of sp³-hybridized carbons (Fsp3) is 0.750. The number of halogens is 1. The molecule has 0 aromatic heterocycles. The van der Waals surface area contributed by atoms with Gasteiger partial charge in [0.2, 0.25) is 0 Å². The number of hydrogen-bond acceptors (Lipinski definition) is 2. The Bertz CT molecular complexity index is 99.1. The molecule has 0 atom stereocenters. The normalized spacial score (nSPS) is 8.08. The third-order valence-corrected chi connectivity index (χ3v) is 1.16. The molecule has 0 saturated heterocycles. The van der Waals surface area contributed by atoms with Gasteiger partial charge in [-0.1, -0.05) is 19.8 Å². The van der Waals surface area contributed by atoms with Crippen molar-refractivity contribution in [2.24, 2.45) is 0 Å². The van der Waals surface area contributed by atoms with E-state index in [1.54, 1.807) is 6.42 Å². The van der Waals surface area contributed by atoms with E-state index in [0.717, 1.165) is 19.3 Å². The van der Waals surface area contributed by atoms with E-state index in [4.69, 9.17) is 4.74 Å². The zero-order chi connectivity index (χ0) is 9.82. The number of carbonyl (C=O) groups is 1. The summed E-state index contributed by atoms with van der Waals surface area (Å²) in [5, 5.41) is 0. The number of rotatable bonds is 5. The van der Waals surface area contributed by atoms with Crippen molar-refractivity contribution in [1.82, 2.24) is 0 Å². The molecule has 12 heavy (non-hydrogen) atoms. The van der Waals surface area contributed by atoms with Gasteiger partial charge < -0.3 is 4.74 Å². The van der Waals surface area contributed by atoms with Crippen molar-refractivity contribution >= 4 is 19.6 Å². The van der Waals surface area contributed by atoms with Gasteiger partial charge in [0.15, 0.2) is 5.97 Å². The Morgan fingerprint density at radius 1 is 1.50 bits per heavy atom. The van der Waals surface area contributed by atoms with E-state index in [1.807, 2.05) is 6.92 Å². The van der Waals surface area contributed by atoms with E-state index in [-0.39, 0.29) is 5.97 Å². The van der Waals surface area contributed by atoms with Gasteiger partial charge in [-0.2, -0.15) is 6.42 Å². The van der Waals surface area contributed by atoms with E-state index in [1.165, 1.54) is 16.3 Å². The van der Waals surface area contributed by atoms with Crippen LogP contribution >= 0.6 is 13.6 Å². The summed E-state index contributed by atoms with van der Waals surface area (Å²) in [7, 11) is 0. The molecule has 0 radical (unpaired) electrons. The van der Waals surface area contributed by atoms with Crippen LogP contribution in [0, 0.1) is 6.42 Å². The van der Waals surface area contributed by atoms with Crippen LogP contribution in [0.3, 0.4) is 0 Å². The first-order chi connectivity index (χ1) is 5.81. The van der Waals surface area contributed by atoms with Crippen molar-refractivity contribution in [3.63, 3.8) is 0 Å². The van der Waals surface area contributed by atoms with E-state index >= 15 is 0 Å². The van der Waals surface area contributed by atoms with Gasteiger partial charge in [-0.25, -0.2) is 0 Å². The van der Waals surface area contributed by atoms with Crippen molar-refractivity contribution in [2.45, 2.75) is 33.1 Å². The second-order valence-corrected chi connectivity index (χ2v) is 2.10. The van der Waals surface area contributed by atoms with Crippen LogP contribution in [0.5, 0.6) is 0 Å². The summed E-state index contributed by atoms with van der Waals surface area (Å²) in [6, 6.07) is 0. The van der Waals surface area contributed by atoms with Crippen LogP contribution in [-0.2, 0) is 25.9 Å². The molecule has 0 aliphatic rings. The minimum absolute atomic E-state index is 0.184. The Labute approximate surface area is 91.5 Å². The van der Waals surface area contributed by atoms with Crippen molar-refractivity contribution in [1.29, 1.82) is 0 Å². The Kier molecular flexibility index (Phi) is 17.4. The van der Waals surface area contributed by atoms with Crippen LogP contribution in [0.15, 0.2) is 0 Å². The third-order valence-electron chi connectivity index (χ3n) is 1.16. The first-order valence-corrected chi connectivity index (χ1v) is 11.0. The van der Waals surface area contributed by atoms with E-state index in [0.29, 0.717) is 6.61 Å².